The Morgan fingerprint density at radius 2 is 1.56 bits per heavy atom. The first kappa shape index (κ1) is 17.5. The summed E-state index contributed by atoms with van der Waals surface area (Å²) in [6.45, 7) is 1.82. The maximum absolute atomic E-state index is 12.5. The highest BCUT2D eigenvalue weighted by atomic mass is 35.5. The van der Waals surface area contributed by atoms with Gasteiger partial charge in [-0.1, -0.05) is 53.5 Å². The number of carbonyl (C=O) groups excluding carboxylic acids is 3. The van der Waals surface area contributed by atoms with E-state index in [9.17, 15) is 14.4 Å². The second-order valence-corrected chi connectivity index (χ2v) is 6.49. The molecule has 3 amide bonds. The summed E-state index contributed by atoms with van der Waals surface area (Å²) >= 11 is 11.8. The lowest BCUT2D eigenvalue weighted by molar-refractivity contribution is -0.124. The van der Waals surface area contributed by atoms with Crippen molar-refractivity contribution in [1.82, 2.24) is 10.2 Å². The zero-order chi connectivity index (χ0) is 18.1. The Morgan fingerprint density at radius 3 is 2.08 bits per heavy atom. The topological polar surface area (TPSA) is 66.5 Å². The lowest BCUT2D eigenvalue weighted by Gasteiger charge is -2.21. The molecule has 0 aliphatic carbocycles. The van der Waals surface area contributed by atoms with Crippen LogP contribution in [0, 0.1) is 0 Å². The fourth-order valence-corrected chi connectivity index (χ4v) is 2.98. The molecule has 1 heterocycles. The van der Waals surface area contributed by atoms with Crippen molar-refractivity contribution in [2.24, 2.45) is 0 Å². The van der Waals surface area contributed by atoms with E-state index >= 15 is 0 Å². The van der Waals surface area contributed by atoms with Gasteiger partial charge < -0.3 is 5.32 Å². The van der Waals surface area contributed by atoms with E-state index in [1.807, 2.05) is 30.3 Å². The predicted octanol–water partition coefficient (Wildman–Crippen LogP) is 3.29. The number of amides is 3. The smallest absolute Gasteiger partial charge is 0.262 e. The van der Waals surface area contributed by atoms with Gasteiger partial charge in [0.1, 0.15) is 6.04 Å². The lowest BCUT2D eigenvalue weighted by atomic mass is 10.1. The summed E-state index contributed by atoms with van der Waals surface area (Å²) in [6, 6.07) is 11.1. The summed E-state index contributed by atoms with van der Waals surface area (Å²) < 4.78 is 0. The number of nitrogens with zero attached hydrogens (tertiary/aromatic N) is 1. The highest BCUT2D eigenvalue weighted by Gasteiger charge is 2.41. The number of rotatable bonds is 4. The van der Waals surface area contributed by atoms with Crippen molar-refractivity contribution in [1.29, 1.82) is 0 Å². The van der Waals surface area contributed by atoms with Crippen LogP contribution < -0.4 is 5.32 Å². The molecule has 5 nitrogen and oxygen atoms in total. The molecule has 1 aliphatic heterocycles. The van der Waals surface area contributed by atoms with Crippen molar-refractivity contribution >= 4 is 40.9 Å². The molecule has 0 saturated heterocycles. The fraction of sp³-hybridized carbons (Fsp3) is 0.167. The van der Waals surface area contributed by atoms with Gasteiger partial charge in [0.15, 0.2) is 0 Å². The standard InChI is InChI=1S/C18H14Cl2N2O3/c1-10(16(23)21-9-11-5-3-2-4-6-11)22-17(24)12-7-14(19)15(20)8-13(12)18(22)25/h2-8,10H,9H2,1H3,(H,21,23)/t10-/m0/s1. The molecule has 1 N–H and O–H groups in total. The Labute approximate surface area is 154 Å². The molecule has 0 aromatic heterocycles. The van der Waals surface area contributed by atoms with Gasteiger partial charge in [-0.3, -0.25) is 19.3 Å². The average molecular weight is 377 g/mol. The maximum Gasteiger partial charge on any atom is 0.262 e. The first-order valence-electron chi connectivity index (χ1n) is 7.58. The molecule has 7 heteroatoms. The number of fused-ring (bicyclic) bond motifs is 1. The van der Waals surface area contributed by atoms with Crippen LogP contribution in [0.5, 0.6) is 0 Å². The molecule has 0 spiro atoms. The maximum atomic E-state index is 12.5. The van der Waals surface area contributed by atoms with Gasteiger partial charge in [0.2, 0.25) is 5.91 Å². The molecular weight excluding hydrogens is 363 g/mol. The van der Waals surface area contributed by atoms with E-state index in [-0.39, 0.29) is 21.2 Å². The average Bonchev–Trinajstić information content (AvgIpc) is 2.84. The number of carbonyl (C=O) groups is 3. The molecule has 2 aromatic carbocycles. The molecule has 0 radical (unpaired) electrons. The number of hydrogen-bond acceptors (Lipinski definition) is 3. The summed E-state index contributed by atoms with van der Waals surface area (Å²) in [7, 11) is 0. The molecule has 0 fully saturated rings. The van der Waals surface area contributed by atoms with Crippen molar-refractivity contribution in [3.8, 4) is 0 Å². The zero-order valence-corrected chi connectivity index (χ0v) is 14.8. The zero-order valence-electron chi connectivity index (χ0n) is 13.3. The van der Waals surface area contributed by atoms with Gasteiger partial charge in [-0.15, -0.1) is 0 Å². The van der Waals surface area contributed by atoms with E-state index in [1.54, 1.807) is 0 Å². The molecule has 1 aliphatic rings. The van der Waals surface area contributed by atoms with E-state index in [0.29, 0.717) is 6.54 Å². The van der Waals surface area contributed by atoms with Crippen molar-refractivity contribution < 1.29 is 14.4 Å². The SMILES string of the molecule is C[C@@H](C(=O)NCc1ccccc1)N1C(=O)c2cc(Cl)c(Cl)cc2C1=O. The van der Waals surface area contributed by atoms with Gasteiger partial charge in [0.25, 0.3) is 11.8 Å². The Hall–Kier alpha value is -2.37. The predicted molar refractivity (Wildman–Crippen MR) is 94.7 cm³/mol. The largest absolute Gasteiger partial charge is 0.350 e. The van der Waals surface area contributed by atoms with Crippen molar-refractivity contribution in [2.45, 2.75) is 19.5 Å². The minimum absolute atomic E-state index is 0.155. The van der Waals surface area contributed by atoms with Crippen molar-refractivity contribution in [3.05, 3.63) is 69.2 Å². The van der Waals surface area contributed by atoms with E-state index in [1.165, 1.54) is 19.1 Å². The van der Waals surface area contributed by atoms with Crippen molar-refractivity contribution in [3.63, 3.8) is 0 Å². The second-order valence-electron chi connectivity index (χ2n) is 5.67. The van der Waals surface area contributed by atoms with Gasteiger partial charge >= 0.3 is 0 Å². The Bertz CT molecular complexity index is 827. The van der Waals surface area contributed by atoms with E-state index in [4.69, 9.17) is 23.2 Å². The first-order chi connectivity index (χ1) is 11.9. The van der Waals surface area contributed by atoms with Crippen LogP contribution in [0.3, 0.4) is 0 Å². The molecule has 0 bridgehead atoms. The fourth-order valence-electron chi connectivity index (χ4n) is 2.65. The van der Waals surface area contributed by atoms with Crippen LogP contribution in [0.15, 0.2) is 42.5 Å². The van der Waals surface area contributed by atoms with Crippen LogP contribution >= 0.6 is 23.2 Å². The lowest BCUT2D eigenvalue weighted by Crippen LogP contribution is -2.47. The first-order valence-corrected chi connectivity index (χ1v) is 8.34. The summed E-state index contributed by atoms with van der Waals surface area (Å²) in [5, 5.41) is 3.10. The van der Waals surface area contributed by atoms with Gasteiger partial charge in [-0.05, 0) is 24.6 Å². The minimum Gasteiger partial charge on any atom is -0.350 e. The van der Waals surface area contributed by atoms with E-state index < -0.39 is 23.8 Å². The van der Waals surface area contributed by atoms with E-state index in [2.05, 4.69) is 5.32 Å². The van der Waals surface area contributed by atoms with Crippen LogP contribution in [-0.4, -0.2) is 28.7 Å². The van der Waals surface area contributed by atoms with Crippen molar-refractivity contribution in [2.75, 3.05) is 0 Å². The number of hydrogen-bond donors (Lipinski definition) is 1. The molecular formula is C18H14Cl2N2O3. The molecule has 25 heavy (non-hydrogen) atoms. The third-order valence-corrected chi connectivity index (χ3v) is 4.76. The number of imide groups is 1. The van der Waals surface area contributed by atoms with Crippen LogP contribution in [0.25, 0.3) is 0 Å². The van der Waals surface area contributed by atoms with Crippen LogP contribution in [0.2, 0.25) is 10.0 Å². The molecule has 3 rings (SSSR count). The molecule has 0 saturated carbocycles. The highest BCUT2D eigenvalue weighted by molar-refractivity contribution is 6.43. The quantitative estimate of drug-likeness (QED) is 0.832. The van der Waals surface area contributed by atoms with Gasteiger partial charge in [-0.2, -0.15) is 0 Å². The Kier molecular flexibility index (Phi) is 4.79. The molecule has 128 valence electrons. The van der Waals surface area contributed by atoms with Crippen LogP contribution in [-0.2, 0) is 11.3 Å². The number of nitrogens with one attached hydrogen (secondary N) is 1. The van der Waals surface area contributed by atoms with Gasteiger partial charge in [0, 0.05) is 6.54 Å². The van der Waals surface area contributed by atoms with Gasteiger partial charge in [0.05, 0.1) is 21.2 Å². The Balaban J connectivity index is 1.76. The molecule has 2 aromatic rings. The Morgan fingerprint density at radius 1 is 1.04 bits per heavy atom. The van der Waals surface area contributed by atoms with E-state index in [0.717, 1.165) is 10.5 Å². The highest BCUT2D eigenvalue weighted by Crippen LogP contribution is 2.32. The normalized spacial score (nSPS) is 14.4. The summed E-state index contributed by atoms with van der Waals surface area (Å²) in [5.74, 6) is -1.53. The third-order valence-electron chi connectivity index (χ3n) is 4.04. The second kappa shape index (κ2) is 6.86. The summed E-state index contributed by atoms with van der Waals surface area (Å²) in [4.78, 5) is 38.3. The molecule has 1 atom stereocenters. The monoisotopic (exact) mass is 376 g/mol. The minimum atomic E-state index is -0.950. The molecule has 0 unspecified atom stereocenters. The third kappa shape index (κ3) is 3.25. The van der Waals surface area contributed by atoms with Crippen LogP contribution in [0.4, 0.5) is 0 Å². The summed E-state index contributed by atoms with van der Waals surface area (Å²) in [6.07, 6.45) is 0. The van der Waals surface area contributed by atoms with Gasteiger partial charge in [-0.25, -0.2) is 0 Å². The van der Waals surface area contributed by atoms with Crippen LogP contribution in [0.1, 0.15) is 33.2 Å². The summed E-state index contributed by atoms with van der Waals surface area (Å²) in [5.41, 5.74) is 1.23. The number of halogens is 2. The number of benzene rings is 2.